The van der Waals surface area contributed by atoms with Crippen molar-refractivity contribution in [3.05, 3.63) is 59.9 Å². The molecule has 0 atom stereocenters. The fourth-order valence-corrected chi connectivity index (χ4v) is 2.28. The summed E-state index contributed by atoms with van der Waals surface area (Å²) in [5, 5.41) is 2.66. The number of methoxy groups -OCH3 is 1. The summed E-state index contributed by atoms with van der Waals surface area (Å²) in [6.45, 7) is 3.58. The van der Waals surface area contributed by atoms with Gasteiger partial charge < -0.3 is 15.0 Å². The summed E-state index contributed by atoms with van der Waals surface area (Å²) in [5.41, 5.74) is 0.955. The molecule has 0 aliphatic rings. The van der Waals surface area contributed by atoms with Gasteiger partial charge in [-0.05, 0) is 62.4 Å². The van der Waals surface area contributed by atoms with Crippen LogP contribution in [0.4, 0.5) is 10.1 Å². The molecule has 25 heavy (non-hydrogen) atoms. The maximum atomic E-state index is 12.9. The average molecular weight is 344 g/mol. The maximum absolute atomic E-state index is 12.9. The molecular weight excluding hydrogens is 323 g/mol. The molecule has 0 radical (unpaired) electrons. The minimum Gasteiger partial charge on any atom is -0.497 e. The number of carbonyl (C=O) groups is 2. The number of anilines is 1. The highest BCUT2D eigenvalue weighted by Crippen LogP contribution is 2.15. The molecule has 0 saturated heterocycles. The van der Waals surface area contributed by atoms with E-state index in [-0.39, 0.29) is 30.2 Å². The molecule has 0 unspecified atom stereocenters. The molecule has 2 rings (SSSR count). The van der Waals surface area contributed by atoms with Crippen molar-refractivity contribution in [3.63, 3.8) is 0 Å². The van der Waals surface area contributed by atoms with Gasteiger partial charge in [-0.3, -0.25) is 9.59 Å². The highest BCUT2D eigenvalue weighted by atomic mass is 19.1. The van der Waals surface area contributed by atoms with E-state index in [0.717, 1.165) is 0 Å². The lowest BCUT2D eigenvalue weighted by atomic mass is 10.1. The smallest absolute Gasteiger partial charge is 0.254 e. The van der Waals surface area contributed by atoms with E-state index in [1.807, 2.05) is 13.8 Å². The first-order chi connectivity index (χ1) is 11.9. The van der Waals surface area contributed by atoms with E-state index in [9.17, 15) is 14.0 Å². The molecule has 6 heteroatoms. The second-order valence-electron chi connectivity index (χ2n) is 5.81. The van der Waals surface area contributed by atoms with Crippen LogP contribution in [0.1, 0.15) is 24.2 Å². The monoisotopic (exact) mass is 344 g/mol. The van der Waals surface area contributed by atoms with Gasteiger partial charge >= 0.3 is 0 Å². The van der Waals surface area contributed by atoms with Gasteiger partial charge in [0.05, 0.1) is 7.11 Å². The molecule has 0 heterocycles. The van der Waals surface area contributed by atoms with Crippen LogP contribution < -0.4 is 10.1 Å². The molecule has 2 aromatic carbocycles. The van der Waals surface area contributed by atoms with Gasteiger partial charge in [0.25, 0.3) is 5.91 Å². The number of carbonyl (C=O) groups excluding carboxylic acids is 2. The van der Waals surface area contributed by atoms with Crippen LogP contribution in [0, 0.1) is 5.82 Å². The molecule has 0 saturated carbocycles. The Labute approximate surface area is 146 Å². The van der Waals surface area contributed by atoms with Crippen LogP contribution in [0.3, 0.4) is 0 Å². The molecular formula is C19H21FN2O3. The Kier molecular flexibility index (Phi) is 6.11. The van der Waals surface area contributed by atoms with E-state index in [0.29, 0.717) is 17.0 Å². The quantitative estimate of drug-likeness (QED) is 0.874. The molecule has 0 aliphatic heterocycles. The van der Waals surface area contributed by atoms with E-state index >= 15 is 0 Å². The van der Waals surface area contributed by atoms with Gasteiger partial charge in [-0.25, -0.2) is 4.39 Å². The number of rotatable bonds is 6. The zero-order valence-corrected chi connectivity index (χ0v) is 14.5. The molecule has 2 aromatic rings. The van der Waals surface area contributed by atoms with Crippen molar-refractivity contribution in [3.8, 4) is 5.75 Å². The SMILES string of the molecule is COc1ccc(C(=O)N(CC(=O)Nc2ccc(F)cc2)C(C)C)cc1. The van der Waals surface area contributed by atoms with Crippen LogP contribution >= 0.6 is 0 Å². The molecule has 2 amide bonds. The van der Waals surface area contributed by atoms with Crippen LogP contribution in [-0.4, -0.2) is 36.4 Å². The number of nitrogens with zero attached hydrogens (tertiary/aromatic N) is 1. The van der Waals surface area contributed by atoms with Crippen LogP contribution in [0.15, 0.2) is 48.5 Å². The predicted molar refractivity (Wildman–Crippen MR) is 94.2 cm³/mol. The molecule has 5 nitrogen and oxygen atoms in total. The van der Waals surface area contributed by atoms with Crippen LogP contribution in [0.25, 0.3) is 0 Å². The number of ether oxygens (including phenoxy) is 1. The van der Waals surface area contributed by atoms with Crippen LogP contribution in [0.5, 0.6) is 5.75 Å². The Morgan fingerprint density at radius 2 is 1.68 bits per heavy atom. The number of hydrogen-bond acceptors (Lipinski definition) is 3. The number of halogens is 1. The van der Waals surface area contributed by atoms with Gasteiger partial charge in [0.2, 0.25) is 5.91 Å². The van der Waals surface area contributed by atoms with Gasteiger partial charge in [0, 0.05) is 17.3 Å². The fourth-order valence-electron chi connectivity index (χ4n) is 2.28. The van der Waals surface area contributed by atoms with E-state index in [1.54, 1.807) is 31.4 Å². The van der Waals surface area contributed by atoms with E-state index in [1.165, 1.54) is 29.2 Å². The van der Waals surface area contributed by atoms with Crippen molar-refractivity contribution in [2.45, 2.75) is 19.9 Å². The molecule has 0 aliphatic carbocycles. The average Bonchev–Trinajstić information content (AvgIpc) is 2.61. The Bertz CT molecular complexity index is 727. The first-order valence-electron chi connectivity index (χ1n) is 7.91. The third-order valence-electron chi connectivity index (χ3n) is 3.66. The first-order valence-corrected chi connectivity index (χ1v) is 7.91. The molecule has 0 bridgehead atoms. The first kappa shape index (κ1) is 18.4. The van der Waals surface area contributed by atoms with Gasteiger partial charge in [0.15, 0.2) is 0 Å². The summed E-state index contributed by atoms with van der Waals surface area (Å²) in [4.78, 5) is 26.4. The standard InChI is InChI=1S/C19H21FN2O3/c1-13(2)22(19(24)14-4-10-17(25-3)11-5-14)12-18(23)21-16-8-6-15(20)7-9-16/h4-11,13H,12H2,1-3H3,(H,21,23). The topological polar surface area (TPSA) is 58.6 Å². The Hall–Kier alpha value is -2.89. The molecule has 0 spiro atoms. The highest BCUT2D eigenvalue weighted by molar-refractivity contribution is 5.99. The third kappa shape index (κ3) is 5.04. The minimum atomic E-state index is -0.378. The van der Waals surface area contributed by atoms with Gasteiger partial charge in [0.1, 0.15) is 18.1 Å². The number of hydrogen-bond donors (Lipinski definition) is 1. The van der Waals surface area contributed by atoms with Gasteiger partial charge in [-0.2, -0.15) is 0 Å². The van der Waals surface area contributed by atoms with Crippen molar-refractivity contribution in [1.29, 1.82) is 0 Å². The van der Waals surface area contributed by atoms with Crippen LogP contribution in [-0.2, 0) is 4.79 Å². The van der Waals surface area contributed by atoms with Crippen molar-refractivity contribution >= 4 is 17.5 Å². The van der Waals surface area contributed by atoms with Crippen molar-refractivity contribution < 1.29 is 18.7 Å². The fraction of sp³-hybridized carbons (Fsp3) is 0.263. The summed E-state index contributed by atoms with van der Waals surface area (Å²) in [7, 11) is 1.55. The lowest BCUT2D eigenvalue weighted by molar-refractivity contribution is -0.117. The number of amides is 2. The summed E-state index contributed by atoms with van der Waals surface area (Å²) in [6.07, 6.45) is 0. The van der Waals surface area contributed by atoms with Crippen molar-refractivity contribution in [2.75, 3.05) is 19.0 Å². The van der Waals surface area contributed by atoms with Gasteiger partial charge in [-0.1, -0.05) is 0 Å². The Morgan fingerprint density at radius 3 is 2.20 bits per heavy atom. The normalized spacial score (nSPS) is 10.4. The summed E-state index contributed by atoms with van der Waals surface area (Å²) in [5.74, 6) is -0.313. The van der Waals surface area contributed by atoms with Crippen molar-refractivity contribution in [2.24, 2.45) is 0 Å². The number of benzene rings is 2. The maximum Gasteiger partial charge on any atom is 0.254 e. The third-order valence-corrected chi connectivity index (χ3v) is 3.66. The Morgan fingerprint density at radius 1 is 1.08 bits per heavy atom. The minimum absolute atomic E-state index is 0.0973. The molecule has 1 N–H and O–H groups in total. The molecule has 0 aromatic heterocycles. The molecule has 0 fully saturated rings. The van der Waals surface area contributed by atoms with E-state index < -0.39 is 0 Å². The summed E-state index contributed by atoms with van der Waals surface area (Å²) in [6, 6.07) is 12.0. The summed E-state index contributed by atoms with van der Waals surface area (Å²) >= 11 is 0. The van der Waals surface area contributed by atoms with E-state index in [2.05, 4.69) is 5.32 Å². The second kappa shape index (κ2) is 8.28. The van der Waals surface area contributed by atoms with Gasteiger partial charge in [-0.15, -0.1) is 0 Å². The lowest BCUT2D eigenvalue weighted by Crippen LogP contribution is -2.42. The van der Waals surface area contributed by atoms with E-state index in [4.69, 9.17) is 4.74 Å². The number of nitrogens with one attached hydrogen (secondary N) is 1. The van der Waals surface area contributed by atoms with Crippen LogP contribution in [0.2, 0.25) is 0 Å². The Balaban J connectivity index is 2.07. The second-order valence-corrected chi connectivity index (χ2v) is 5.81. The zero-order chi connectivity index (χ0) is 18.4. The summed E-state index contributed by atoms with van der Waals surface area (Å²) < 4.78 is 18.0. The lowest BCUT2D eigenvalue weighted by Gasteiger charge is -2.26. The predicted octanol–water partition coefficient (Wildman–Crippen LogP) is 3.32. The largest absolute Gasteiger partial charge is 0.497 e. The zero-order valence-electron chi connectivity index (χ0n) is 14.5. The highest BCUT2D eigenvalue weighted by Gasteiger charge is 2.21. The molecule has 132 valence electrons. The van der Waals surface area contributed by atoms with Crippen molar-refractivity contribution in [1.82, 2.24) is 4.90 Å².